The molecule has 1 aliphatic heterocycles. The van der Waals surface area contributed by atoms with Gasteiger partial charge in [-0.3, -0.25) is 0 Å². The van der Waals surface area contributed by atoms with E-state index in [0.717, 1.165) is 13.0 Å². The minimum absolute atomic E-state index is 0.0650. The van der Waals surface area contributed by atoms with E-state index in [9.17, 15) is 8.78 Å². The first-order valence-corrected chi connectivity index (χ1v) is 7.42. The quantitative estimate of drug-likeness (QED) is 0.825. The summed E-state index contributed by atoms with van der Waals surface area (Å²) >= 11 is 9.16. The van der Waals surface area contributed by atoms with Gasteiger partial charge < -0.3 is 14.8 Å². The van der Waals surface area contributed by atoms with Gasteiger partial charge in [0, 0.05) is 23.6 Å². The van der Waals surface area contributed by atoms with Gasteiger partial charge in [0.05, 0.1) is 16.8 Å². The highest BCUT2D eigenvalue weighted by Gasteiger charge is 2.24. The molecule has 20 heavy (non-hydrogen) atoms. The molecule has 1 fully saturated rings. The number of benzene rings is 1. The van der Waals surface area contributed by atoms with Crippen LogP contribution in [0, 0.1) is 5.92 Å². The second kappa shape index (κ2) is 6.91. The lowest BCUT2D eigenvalue weighted by Crippen LogP contribution is -2.26. The average molecular weight is 371 g/mol. The van der Waals surface area contributed by atoms with E-state index in [1.165, 1.54) is 6.07 Å². The van der Waals surface area contributed by atoms with Gasteiger partial charge in [0.15, 0.2) is 5.75 Å². The predicted molar refractivity (Wildman–Crippen MR) is 77.8 cm³/mol. The Morgan fingerprint density at radius 1 is 1.50 bits per heavy atom. The number of hydrogen-bond donors (Lipinski definition) is 1. The summed E-state index contributed by atoms with van der Waals surface area (Å²) in [6.45, 7) is 0.496. The fourth-order valence-electron chi connectivity index (χ4n) is 2.19. The van der Waals surface area contributed by atoms with E-state index in [2.05, 4.69) is 26.0 Å². The van der Waals surface area contributed by atoms with Crippen LogP contribution in [0.25, 0.3) is 0 Å². The minimum atomic E-state index is -2.89. The molecule has 1 aromatic carbocycles. The molecule has 0 saturated carbocycles. The Kier molecular flexibility index (Phi) is 5.46. The van der Waals surface area contributed by atoms with Gasteiger partial charge in [-0.05, 0) is 41.4 Å². The van der Waals surface area contributed by atoms with Crippen LogP contribution in [-0.2, 0) is 4.74 Å². The fraction of sp³-hybridized carbons (Fsp3) is 0.538. The lowest BCUT2D eigenvalue weighted by atomic mass is 10.0. The van der Waals surface area contributed by atoms with Crippen LogP contribution in [0.5, 0.6) is 5.75 Å². The van der Waals surface area contributed by atoms with E-state index < -0.39 is 6.61 Å². The largest absolute Gasteiger partial charge is 0.431 e. The van der Waals surface area contributed by atoms with Crippen LogP contribution in [0.3, 0.4) is 0 Å². The van der Waals surface area contributed by atoms with Crippen LogP contribution in [0.1, 0.15) is 13.3 Å². The molecule has 0 radical (unpaired) electrons. The van der Waals surface area contributed by atoms with Crippen LogP contribution in [0.15, 0.2) is 16.6 Å². The highest BCUT2D eigenvalue weighted by molar-refractivity contribution is 9.10. The first-order valence-electron chi connectivity index (χ1n) is 6.25. The van der Waals surface area contributed by atoms with Crippen molar-refractivity contribution >= 4 is 33.2 Å². The van der Waals surface area contributed by atoms with E-state index in [1.807, 2.05) is 6.92 Å². The van der Waals surface area contributed by atoms with Gasteiger partial charge in [0.25, 0.3) is 0 Å². The normalized spacial score (nSPS) is 20.2. The van der Waals surface area contributed by atoms with Crippen molar-refractivity contribution in [2.45, 2.75) is 26.0 Å². The summed E-state index contributed by atoms with van der Waals surface area (Å²) in [6, 6.07) is 3.17. The second-order valence-electron chi connectivity index (χ2n) is 4.70. The van der Waals surface area contributed by atoms with Gasteiger partial charge >= 0.3 is 6.61 Å². The summed E-state index contributed by atoms with van der Waals surface area (Å²) in [5.74, 6) is 0.405. The molecule has 0 spiro atoms. The molecule has 2 unspecified atom stereocenters. The molecule has 1 N–H and O–H groups in total. The summed E-state index contributed by atoms with van der Waals surface area (Å²) in [5.41, 5.74) is 0.448. The number of rotatable bonds is 5. The van der Waals surface area contributed by atoms with Gasteiger partial charge in [-0.2, -0.15) is 8.78 Å². The van der Waals surface area contributed by atoms with Crippen molar-refractivity contribution in [3.05, 3.63) is 21.6 Å². The molecule has 7 heteroatoms. The maximum absolute atomic E-state index is 12.5. The molecule has 0 bridgehead atoms. The summed E-state index contributed by atoms with van der Waals surface area (Å²) in [7, 11) is 0. The van der Waals surface area contributed by atoms with Crippen LogP contribution >= 0.6 is 27.5 Å². The molecule has 0 amide bonds. The van der Waals surface area contributed by atoms with Crippen molar-refractivity contribution in [3.63, 3.8) is 0 Å². The molecule has 0 aromatic heterocycles. The Morgan fingerprint density at radius 3 is 2.85 bits per heavy atom. The van der Waals surface area contributed by atoms with Crippen LogP contribution < -0.4 is 10.1 Å². The van der Waals surface area contributed by atoms with Crippen molar-refractivity contribution in [2.75, 3.05) is 18.5 Å². The minimum Gasteiger partial charge on any atom is -0.431 e. The Balaban J connectivity index is 2.19. The Bertz CT molecular complexity index is 470. The second-order valence-corrected chi connectivity index (χ2v) is 5.99. The lowest BCUT2D eigenvalue weighted by Gasteiger charge is -2.23. The number of alkyl halides is 2. The zero-order valence-electron chi connectivity index (χ0n) is 10.8. The van der Waals surface area contributed by atoms with Gasteiger partial charge in [-0.1, -0.05) is 11.6 Å². The van der Waals surface area contributed by atoms with Gasteiger partial charge in [0.2, 0.25) is 0 Å². The van der Waals surface area contributed by atoms with Crippen molar-refractivity contribution < 1.29 is 18.3 Å². The standard InChI is InChI=1S/C13H15BrClF2NO2/c1-7(8-2-3-19-6-8)18-11-5-9(15)4-10(14)12(11)20-13(16)17/h4-5,7-8,13,18H,2-3,6H2,1H3. The van der Waals surface area contributed by atoms with E-state index in [0.29, 0.717) is 27.7 Å². The lowest BCUT2D eigenvalue weighted by molar-refractivity contribution is -0.0499. The maximum atomic E-state index is 12.5. The number of nitrogens with one attached hydrogen (secondary N) is 1. The molecule has 0 aliphatic carbocycles. The molecule has 1 aliphatic rings. The molecular formula is C13H15BrClF2NO2. The Labute approximate surface area is 129 Å². The molecule has 2 atom stereocenters. The molecule has 112 valence electrons. The van der Waals surface area contributed by atoms with E-state index in [1.54, 1.807) is 6.07 Å². The highest BCUT2D eigenvalue weighted by Crippen LogP contribution is 2.38. The topological polar surface area (TPSA) is 30.5 Å². The van der Waals surface area contributed by atoms with Crippen molar-refractivity contribution in [1.29, 1.82) is 0 Å². The number of ether oxygens (including phenoxy) is 2. The predicted octanol–water partition coefficient (Wildman–Crippen LogP) is 4.54. The third-order valence-electron chi connectivity index (χ3n) is 3.27. The highest BCUT2D eigenvalue weighted by atomic mass is 79.9. The summed E-state index contributed by atoms with van der Waals surface area (Å²) < 4.78 is 35.3. The first-order chi connectivity index (χ1) is 9.47. The number of hydrogen-bond acceptors (Lipinski definition) is 3. The molecule has 3 nitrogen and oxygen atoms in total. The van der Waals surface area contributed by atoms with Crippen LogP contribution in [0.4, 0.5) is 14.5 Å². The number of halogens is 4. The van der Waals surface area contributed by atoms with E-state index in [4.69, 9.17) is 16.3 Å². The average Bonchev–Trinajstić information content (AvgIpc) is 2.87. The first kappa shape index (κ1) is 15.8. The molecule has 2 rings (SSSR count). The van der Waals surface area contributed by atoms with Crippen LogP contribution in [-0.4, -0.2) is 25.9 Å². The zero-order valence-corrected chi connectivity index (χ0v) is 13.2. The van der Waals surface area contributed by atoms with Crippen LogP contribution in [0.2, 0.25) is 5.02 Å². The monoisotopic (exact) mass is 369 g/mol. The number of anilines is 1. The Morgan fingerprint density at radius 2 is 2.25 bits per heavy atom. The molecular weight excluding hydrogens is 356 g/mol. The SMILES string of the molecule is CC(Nc1cc(Cl)cc(Br)c1OC(F)F)C1CCOC1. The summed E-state index contributed by atoms with van der Waals surface area (Å²) in [6.07, 6.45) is 0.945. The third kappa shape index (κ3) is 3.96. The maximum Gasteiger partial charge on any atom is 0.387 e. The Hall–Kier alpha value is -0.590. The summed E-state index contributed by atoms with van der Waals surface area (Å²) in [4.78, 5) is 0. The molecule has 1 saturated heterocycles. The molecule has 1 heterocycles. The fourth-order valence-corrected chi connectivity index (χ4v) is 3.09. The third-order valence-corrected chi connectivity index (χ3v) is 4.08. The van der Waals surface area contributed by atoms with Gasteiger partial charge in [-0.15, -0.1) is 0 Å². The van der Waals surface area contributed by atoms with E-state index in [-0.39, 0.29) is 11.8 Å². The molecule has 1 aromatic rings. The smallest absolute Gasteiger partial charge is 0.387 e. The van der Waals surface area contributed by atoms with Crippen molar-refractivity contribution in [1.82, 2.24) is 0 Å². The van der Waals surface area contributed by atoms with Gasteiger partial charge in [-0.25, -0.2) is 0 Å². The zero-order chi connectivity index (χ0) is 14.7. The van der Waals surface area contributed by atoms with Gasteiger partial charge in [0.1, 0.15) is 0 Å². The van der Waals surface area contributed by atoms with Crippen molar-refractivity contribution in [3.8, 4) is 5.75 Å². The summed E-state index contributed by atoms with van der Waals surface area (Å²) in [5, 5.41) is 3.63. The van der Waals surface area contributed by atoms with Crippen molar-refractivity contribution in [2.24, 2.45) is 5.92 Å². The van der Waals surface area contributed by atoms with E-state index >= 15 is 0 Å².